The number of pyridine rings is 1. The van der Waals surface area contributed by atoms with E-state index in [0.717, 1.165) is 45.1 Å². The number of anilines is 1. The number of aromatic nitrogens is 3. The highest BCUT2D eigenvalue weighted by atomic mass is 15.3. The standard InChI is InChI=1S/C21H25N5/c1-18-4-2-3-5-20(18)16-24-10-12-26(13-11-24)21-7-6-19(14-23-21)15-25-9-8-22-17-25/h2-9,14,17H,10-13,15-16H2,1H3. The van der Waals surface area contributed by atoms with Crippen LogP contribution in [0, 0.1) is 6.92 Å². The fraction of sp³-hybridized carbons (Fsp3) is 0.333. The molecule has 2 aromatic heterocycles. The van der Waals surface area contributed by atoms with Gasteiger partial charge >= 0.3 is 0 Å². The third-order valence-electron chi connectivity index (χ3n) is 5.08. The minimum atomic E-state index is 0.817. The van der Waals surface area contributed by atoms with Crippen LogP contribution in [0.5, 0.6) is 0 Å². The van der Waals surface area contributed by atoms with Gasteiger partial charge in [-0.05, 0) is 29.7 Å². The fourth-order valence-corrected chi connectivity index (χ4v) is 3.45. The highest BCUT2D eigenvalue weighted by molar-refractivity contribution is 5.40. The summed E-state index contributed by atoms with van der Waals surface area (Å²) < 4.78 is 2.06. The zero-order chi connectivity index (χ0) is 17.8. The predicted molar refractivity (Wildman–Crippen MR) is 104 cm³/mol. The van der Waals surface area contributed by atoms with Crippen LogP contribution in [0.2, 0.25) is 0 Å². The van der Waals surface area contributed by atoms with Gasteiger partial charge in [0.1, 0.15) is 5.82 Å². The molecule has 26 heavy (non-hydrogen) atoms. The normalized spacial score (nSPS) is 15.3. The summed E-state index contributed by atoms with van der Waals surface area (Å²) in [7, 11) is 0. The molecule has 0 saturated carbocycles. The number of imidazole rings is 1. The first-order valence-electron chi connectivity index (χ1n) is 9.20. The van der Waals surface area contributed by atoms with Crippen LogP contribution in [0.4, 0.5) is 5.82 Å². The second-order valence-electron chi connectivity index (χ2n) is 6.95. The van der Waals surface area contributed by atoms with E-state index in [0.29, 0.717) is 0 Å². The van der Waals surface area contributed by atoms with Crippen LogP contribution in [0.3, 0.4) is 0 Å². The Morgan fingerprint density at radius 2 is 1.81 bits per heavy atom. The lowest BCUT2D eigenvalue weighted by Gasteiger charge is -2.35. The SMILES string of the molecule is Cc1ccccc1CN1CCN(c2ccc(Cn3ccnc3)cn2)CC1. The van der Waals surface area contributed by atoms with Crippen molar-refractivity contribution in [3.63, 3.8) is 0 Å². The minimum Gasteiger partial charge on any atom is -0.354 e. The molecule has 0 bridgehead atoms. The Morgan fingerprint density at radius 3 is 2.50 bits per heavy atom. The summed E-state index contributed by atoms with van der Waals surface area (Å²) in [6, 6.07) is 13.0. The Bertz CT molecular complexity index is 818. The van der Waals surface area contributed by atoms with Gasteiger partial charge in [-0.25, -0.2) is 9.97 Å². The van der Waals surface area contributed by atoms with Gasteiger partial charge in [-0.1, -0.05) is 30.3 Å². The summed E-state index contributed by atoms with van der Waals surface area (Å²) in [5.41, 5.74) is 4.01. The smallest absolute Gasteiger partial charge is 0.128 e. The van der Waals surface area contributed by atoms with Gasteiger partial charge in [0.25, 0.3) is 0 Å². The average Bonchev–Trinajstić information content (AvgIpc) is 3.18. The van der Waals surface area contributed by atoms with E-state index in [1.165, 1.54) is 16.7 Å². The largest absolute Gasteiger partial charge is 0.354 e. The van der Waals surface area contributed by atoms with Gasteiger partial charge in [0.15, 0.2) is 0 Å². The van der Waals surface area contributed by atoms with Crippen molar-refractivity contribution in [3.05, 3.63) is 78.0 Å². The average molecular weight is 347 g/mol. The summed E-state index contributed by atoms with van der Waals surface area (Å²) in [5, 5.41) is 0. The van der Waals surface area contributed by atoms with Crippen LogP contribution in [-0.4, -0.2) is 45.6 Å². The summed E-state index contributed by atoms with van der Waals surface area (Å²) in [4.78, 5) is 13.7. The molecule has 5 heteroatoms. The van der Waals surface area contributed by atoms with Crippen LogP contribution in [-0.2, 0) is 13.1 Å². The lowest BCUT2D eigenvalue weighted by Crippen LogP contribution is -2.46. The van der Waals surface area contributed by atoms with E-state index >= 15 is 0 Å². The van der Waals surface area contributed by atoms with Gasteiger partial charge in [0, 0.05) is 57.9 Å². The lowest BCUT2D eigenvalue weighted by atomic mass is 10.1. The molecule has 3 heterocycles. The van der Waals surface area contributed by atoms with Crippen molar-refractivity contribution >= 4 is 5.82 Å². The highest BCUT2D eigenvalue weighted by Gasteiger charge is 2.18. The number of nitrogens with zero attached hydrogens (tertiary/aromatic N) is 5. The van der Waals surface area contributed by atoms with Crippen molar-refractivity contribution in [2.75, 3.05) is 31.1 Å². The summed E-state index contributed by atoms with van der Waals surface area (Å²) in [6.07, 6.45) is 7.59. The number of benzene rings is 1. The van der Waals surface area contributed by atoms with E-state index in [-0.39, 0.29) is 0 Å². The number of aryl methyl sites for hydroxylation is 1. The lowest BCUT2D eigenvalue weighted by molar-refractivity contribution is 0.249. The van der Waals surface area contributed by atoms with E-state index in [1.807, 2.05) is 18.7 Å². The Morgan fingerprint density at radius 1 is 0.962 bits per heavy atom. The van der Waals surface area contributed by atoms with Gasteiger partial charge in [-0.3, -0.25) is 4.90 Å². The molecule has 0 unspecified atom stereocenters. The molecule has 134 valence electrons. The molecule has 0 spiro atoms. The summed E-state index contributed by atoms with van der Waals surface area (Å²) in [6.45, 7) is 8.26. The van der Waals surface area contributed by atoms with Gasteiger partial charge in [-0.2, -0.15) is 0 Å². The third kappa shape index (κ3) is 3.94. The summed E-state index contributed by atoms with van der Waals surface area (Å²) >= 11 is 0. The van der Waals surface area contributed by atoms with Crippen molar-refractivity contribution in [2.45, 2.75) is 20.0 Å². The van der Waals surface area contributed by atoms with Crippen molar-refractivity contribution in [3.8, 4) is 0 Å². The van der Waals surface area contributed by atoms with Gasteiger partial charge in [0.05, 0.1) is 6.33 Å². The molecule has 0 N–H and O–H groups in total. The van der Waals surface area contributed by atoms with Crippen molar-refractivity contribution in [1.29, 1.82) is 0 Å². The topological polar surface area (TPSA) is 37.2 Å². The molecule has 1 fully saturated rings. The molecule has 0 radical (unpaired) electrons. The first-order valence-corrected chi connectivity index (χ1v) is 9.20. The molecule has 5 nitrogen and oxygen atoms in total. The first-order chi connectivity index (χ1) is 12.8. The van der Waals surface area contributed by atoms with Crippen molar-refractivity contribution in [2.24, 2.45) is 0 Å². The van der Waals surface area contributed by atoms with E-state index in [2.05, 4.69) is 67.7 Å². The molecule has 0 amide bonds. The maximum absolute atomic E-state index is 4.68. The quantitative estimate of drug-likeness (QED) is 0.711. The number of hydrogen-bond donors (Lipinski definition) is 0. The minimum absolute atomic E-state index is 0.817. The Kier molecular flexibility index (Phi) is 4.97. The third-order valence-corrected chi connectivity index (χ3v) is 5.08. The number of rotatable bonds is 5. The van der Waals surface area contributed by atoms with Crippen LogP contribution in [0.25, 0.3) is 0 Å². The van der Waals surface area contributed by atoms with E-state index in [1.54, 1.807) is 6.20 Å². The van der Waals surface area contributed by atoms with Crippen molar-refractivity contribution < 1.29 is 0 Å². The summed E-state index contributed by atoms with van der Waals surface area (Å²) in [5.74, 6) is 1.08. The molecule has 0 atom stereocenters. The maximum atomic E-state index is 4.68. The van der Waals surface area contributed by atoms with Crippen molar-refractivity contribution in [1.82, 2.24) is 19.4 Å². The van der Waals surface area contributed by atoms with Gasteiger partial charge in [-0.15, -0.1) is 0 Å². The second kappa shape index (κ2) is 7.70. The fourth-order valence-electron chi connectivity index (χ4n) is 3.45. The van der Waals surface area contributed by atoms with E-state index < -0.39 is 0 Å². The Balaban J connectivity index is 1.32. The number of hydrogen-bond acceptors (Lipinski definition) is 4. The molecular formula is C21H25N5. The molecule has 4 rings (SSSR count). The van der Waals surface area contributed by atoms with E-state index in [9.17, 15) is 0 Å². The molecule has 1 aliphatic heterocycles. The van der Waals surface area contributed by atoms with Crippen LogP contribution in [0.1, 0.15) is 16.7 Å². The molecule has 1 saturated heterocycles. The molecule has 1 aromatic carbocycles. The van der Waals surface area contributed by atoms with Crippen LogP contribution >= 0.6 is 0 Å². The van der Waals surface area contributed by atoms with E-state index in [4.69, 9.17) is 0 Å². The second-order valence-corrected chi connectivity index (χ2v) is 6.95. The molecule has 1 aliphatic rings. The van der Waals surface area contributed by atoms with Crippen LogP contribution in [0.15, 0.2) is 61.3 Å². The monoisotopic (exact) mass is 347 g/mol. The maximum Gasteiger partial charge on any atom is 0.128 e. The number of piperazine rings is 1. The van der Waals surface area contributed by atoms with Gasteiger partial charge < -0.3 is 9.47 Å². The van der Waals surface area contributed by atoms with Gasteiger partial charge in [0.2, 0.25) is 0 Å². The zero-order valence-electron chi connectivity index (χ0n) is 15.3. The Labute approximate surface area is 154 Å². The Hall–Kier alpha value is -2.66. The zero-order valence-corrected chi connectivity index (χ0v) is 15.3. The molecule has 0 aliphatic carbocycles. The van der Waals surface area contributed by atoms with Crippen LogP contribution < -0.4 is 4.90 Å². The molecule has 3 aromatic rings. The first kappa shape index (κ1) is 16.8. The highest BCUT2D eigenvalue weighted by Crippen LogP contribution is 2.17. The molecular weight excluding hydrogens is 322 g/mol. The predicted octanol–water partition coefficient (Wildman–Crippen LogP) is 2.96.